The highest BCUT2D eigenvalue weighted by molar-refractivity contribution is 7.94. The third-order valence-electron chi connectivity index (χ3n) is 11.4. The highest BCUT2D eigenvalue weighted by Crippen LogP contribution is 2.39. The van der Waals surface area contributed by atoms with Crippen molar-refractivity contribution < 1.29 is 152 Å². The lowest BCUT2D eigenvalue weighted by Gasteiger charge is -2.19. The van der Waals surface area contributed by atoms with Crippen molar-refractivity contribution in [3.8, 4) is 0 Å². The molecule has 6 aromatic carbocycles. The maximum absolute atomic E-state index is 14.9. The van der Waals surface area contributed by atoms with Crippen molar-refractivity contribution >= 4 is 145 Å². The van der Waals surface area contributed by atoms with Crippen molar-refractivity contribution in [3.63, 3.8) is 0 Å². The van der Waals surface area contributed by atoms with Crippen LogP contribution in [0.15, 0.2) is 92.4 Å². The number of rotatable bonds is 24. The molecule has 16 N–H and O–H groups in total. The van der Waals surface area contributed by atoms with E-state index in [4.69, 9.17) is 0 Å². The largest absolute Gasteiger partial charge is 0.478 e. The molecule has 0 atom stereocenters. The second-order valence-electron chi connectivity index (χ2n) is 16.8. The van der Waals surface area contributed by atoms with Crippen LogP contribution >= 0.6 is 0 Å². The number of nitrogens with one attached hydrogen (secondary N) is 4. The number of anilines is 4. The molecule has 448 valence electrons. The maximum Gasteiger partial charge on any atom is 0.337 e. The molecule has 0 saturated carbocycles. The standard InChI is InChI=1S/C46H28N4O32S4/c51-35(52)21-1-13(2-22(36(53)54)31(21)43(67)68)47-83(75,76)17-9-19-20(29(11-17)85(79,80)49-15-5-25(39(59)60)33(45(71)72)26(6-15)40(61)62)10-18(84(77,78)48-14-3-23(37(55)56)32(44(69)70)24(4-14)38(57)58)12-30(19)86(81,82)50-16-7-27(41(63)64)34(46(73)74)28(8-16)42(65)66/h1-12,47-50H,(H,51,52)(H,53,54)(H,55,56)(H,57,58)(H,59,60)(H,61,62)(H,63,64)(H,65,66)(H,67,68)(H,69,70)(H,71,72)(H,73,74). The Hall–Kier alpha value is -11.8. The molecule has 0 heterocycles. The lowest BCUT2D eigenvalue weighted by atomic mass is 10.00. The average Bonchev–Trinajstić information content (AvgIpc) is 0.789. The summed E-state index contributed by atoms with van der Waals surface area (Å²) in [7, 11) is -23.9. The van der Waals surface area contributed by atoms with E-state index in [1.165, 1.54) is 0 Å². The predicted octanol–water partition coefficient (Wildman–Crippen LogP) is 2.42. The van der Waals surface area contributed by atoms with E-state index in [2.05, 4.69) is 0 Å². The molecule has 0 aliphatic heterocycles. The summed E-state index contributed by atoms with van der Waals surface area (Å²) in [5.41, 5.74) is -22.4. The Balaban J connectivity index is 1.82. The quantitative estimate of drug-likeness (QED) is 0.0414. The van der Waals surface area contributed by atoms with Crippen molar-refractivity contribution in [2.45, 2.75) is 19.6 Å². The van der Waals surface area contributed by atoms with Crippen LogP contribution < -0.4 is 18.9 Å². The van der Waals surface area contributed by atoms with Crippen LogP contribution in [0.25, 0.3) is 10.8 Å². The molecule has 0 radical (unpaired) electrons. The Labute approximate surface area is 473 Å². The summed E-state index contributed by atoms with van der Waals surface area (Å²) in [6.07, 6.45) is 0. The summed E-state index contributed by atoms with van der Waals surface area (Å²) < 4.78 is 124. The van der Waals surface area contributed by atoms with Crippen LogP contribution in [0.4, 0.5) is 22.7 Å². The van der Waals surface area contributed by atoms with E-state index in [9.17, 15) is 152 Å². The zero-order valence-corrected chi connectivity index (χ0v) is 44.4. The van der Waals surface area contributed by atoms with Gasteiger partial charge in [-0.1, -0.05) is 0 Å². The van der Waals surface area contributed by atoms with Gasteiger partial charge in [0.25, 0.3) is 40.1 Å². The van der Waals surface area contributed by atoms with Gasteiger partial charge in [-0.2, -0.15) is 0 Å². The number of aromatic carboxylic acids is 12. The summed E-state index contributed by atoms with van der Waals surface area (Å²) in [5, 5.41) is 115. The molecule has 0 spiro atoms. The molecule has 36 nitrogen and oxygen atoms in total. The van der Waals surface area contributed by atoms with E-state index in [0.29, 0.717) is 0 Å². The first-order chi connectivity index (χ1) is 39.5. The van der Waals surface area contributed by atoms with Crippen molar-refractivity contribution in [1.82, 2.24) is 0 Å². The summed E-state index contributed by atoms with van der Waals surface area (Å²) in [6, 6.07) is 1.70. The van der Waals surface area contributed by atoms with Gasteiger partial charge in [-0.15, -0.1) is 0 Å². The number of hydrogen-bond donors (Lipinski definition) is 16. The first-order valence-corrected chi connectivity index (χ1v) is 27.7. The van der Waals surface area contributed by atoms with Gasteiger partial charge in [-0.3, -0.25) is 18.9 Å². The fourth-order valence-electron chi connectivity index (χ4n) is 8.02. The van der Waals surface area contributed by atoms with E-state index in [1.807, 2.05) is 0 Å². The van der Waals surface area contributed by atoms with Crippen molar-refractivity contribution in [1.29, 1.82) is 0 Å². The van der Waals surface area contributed by atoms with Crippen molar-refractivity contribution in [2.75, 3.05) is 18.9 Å². The molecule has 0 aromatic heterocycles. The normalized spacial score (nSPS) is 11.6. The maximum atomic E-state index is 14.9. The molecule has 0 aliphatic carbocycles. The van der Waals surface area contributed by atoms with Gasteiger partial charge in [-0.05, 0) is 72.8 Å². The number of hydrogen-bond acceptors (Lipinski definition) is 20. The minimum absolute atomic E-state index is 0.0316. The lowest BCUT2D eigenvalue weighted by Crippen LogP contribution is -2.22. The van der Waals surface area contributed by atoms with E-state index in [0.717, 1.165) is 0 Å². The number of sulfonamides is 4. The van der Waals surface area contributed by atoms with Gasteiger partial charge in [0.2, 0.25) is 0 Å². The Kier molecular flexibility index (Phi) is 16.6. The fourth-order valence-corrected chi connectivity index (χ4v) is 12.9. The Morgan fingerprint density at radius 3 is 0.547 bits per heavy atom. The van der Waals surface area contributed by atoms with Gasteiger partial charge >= 0.3 is 71.6 Å². The van der Waals surface area contributed by atoms with Crippen LogP contribution in [0.5, 0.6) is 0 Å². The van der Waals surface area contributed by atoms with E-state index >= 15 is 0 Å². The monoisotopic (exact) mass is 1280 g/mol. The van der Waals surface area contributed by atoms with Crippen molar-refractivity contribution in [2.24, 2.45) is 0 Å². The van der Waals surface area contributed by atoms with Crippen LogP contribution in [0.2, 0.25) is 0 Å². The van der Waals surface area contributed by atoms with Crippen LogP contribution in [0.3, 0.4) is 0 Å². The molecule has 86 heavy (non-hydrogen) atoms. The molecule has 6 aromatic rings. The predicted molar refractivity (Wildman–Crippen MR) is 276 cm³/mol. The molecule has 0 unspecified atom stereocenters. The SMILES string of the molecule is O=C(O)c1cc(NS(=O)(=O)c2cc(S(=O)(=O)Nc3cc(C(=O)O)c(C(=O)O)c(C(=O)O)c3)c3cc(S(=O)(=O)Nc4cc(C(=O)O)c(C(=O)O)c(C(=O)O)c4)cc(S(=O)(=O)Nc4cc(C(=O)O)c(C(=O)O)c(C(=O)O)c4)c3c2)cc(C(=O)O)c1C(=O)O. The van der Waals surface area contributed by atoms with Gasteiger partial charge in [0.15, 0.2) is 0 Å². The molecule has 40 heteroatoms. The third-order valence-corrected chi connectivity index (χ3v) is 17.0. The topological polar surface area (TPSA) is 632 Å². The first-order valence-electron chi connectivity index (χ1n) is 21.8. The molecule has 0 saturated heterocycles. The molecule has 6 rings (SSSR count). The second-order valence-corrected chi connectivity index (χ2v) is 23.5. The molecule has 0 bridgehead atoms. The highest BCUT2D eigenvalue weighted by Gasteiger charge is 2.35. The first kappa shape index (κ1) is 63.4. The number of carbonyl (C=O) groups is 12. The van der Waals surface area contributed by atoms with Gasteiger partial charge in [0.1, 0.15) is 0 Å². The Bertz CT molecular complexity index is 4250. The summed E-state index contributed by atoms with van der Waals surface area (Å²) >= 11 is 0. The minimum atomic E-state index is -6.09. The molecular weight excluding hydrogens is 1250 g/mol. The Morgan fingerprint density at radius 1 is 0.233 bits per heavy atom. The summed E-state index contributed by atoms with van der Waals surface area (Å²) in [6.45, 7) is 0. The van der Waals surface area contributed by atoms with Crippen LogP contribution in [0.1, 0.15) is 124 Å². The number of fused-ring (bicyclic) bond motifs is 1. The van der Waals surface area contributed by atoms with Crippen LogP contribution in [-0.4, -0.2) is 167 Å². The van der Waals surface area contributed by atoms with Gasteiger partial charge in [0.05, 0.1) is 109 Å². The third kappa shape index (κ3) is 12.4. The van der Waals surface area contributed by atoms with E-state index in [1.54, 1.807) is 18.9 Å². The number of benzene rings is 6. The van der Waals surface area contributed by atoms with E-state index < -0.39 is 232 Å². The van der Waals surface area contributed by atoms with Crippen LogP contribution in [-0.2, 0) is 40.1 Å². The van der Waals surface area contributed by atoms with E-state index in [-0.39, 0.29) is 72.8 Å². The second kappa shape index (κ2) is 22.5. The molecule has 0 amide bonds. The smallest absolute Gasteiger partial charge is 0.337 e. The molecule has 0 fully saturated rings. The minimum Gasteiger partial charge on any atom is -0.478 e. The average molecular weight is 1280 g/mol. The van der Waals surface area contributed by atoms with Gasteiger partial charge < -0.3 is 61.3 Å². The van der Waals surface area contributed by atoms with Crippen molar-refractivity contribution in [3.05, 3.63) is 140 Å². The molecule has 0 aliphatic rings. The molecular formula is C46H28N4O32S4. The zero-order chi connectivity index (χ0) is 64.9. The Morgan fingerprint density at radius 2 is 0.395 bits per heavy atom. The summed E-state index contributed by atoms with van der Waals surface area (Å²) in [4.78, 5) is 139. The highest BCUT2D eigenvalue weighted by atomic mass is 32.2. The van der Waals surface area contributed by atoms with Crippen LogP contribution in [0, 0.1) is 0 Å². The van der Waals surface area contributed by atoms with Gasteiger partial charge in [0, 0.05) is 10.8 Å². The fraction of sp³-hybridized carbons (Fsp3) is 0. The lowest BCUT2D eigenvalue weighted by molar-refractivity contribution is 0.0632. The van der Waals surface area contributed by atoms with Gasteiger partial charge in [-0.25, -0.2) is 91.2 Å². The number of carboxylic acid groups (broad SMARTS) is 12. The summed E-state index contributed by atoms with van der Waals surface area (Å²) in [5.74, 6) is -26.7. The zero-order valence-electron chi connectivity index (χ0n) is 41.1. The number of carboxylic acids is 12.